The van der Waals surface area contributed by atoms with Gasteiger partial charge in [-0.25, -0.2) is 0 Å². The summed E-state index contributed by atoms with van der Waals surface area (Å²) in [6.45, 7) is 19.3. The van der Waals surface area contributed by atoms with Crippen LogP contribution in [-0.4, -0.2) is 27.8 Å². The van der Waals surface area contributed by atoms with E-state index in [4.69, 9.17) is 10.2 Å². The Kier molecular flexibility index (Phi) is 16.7. The van der Waals surface area contributed by atoms with Crippen LogP contribution in [0.15, 0.2) is 0 Å². The van der Waals surface area contributed by atoms with Gasteiger partial charge in [-0.2, -0.15) is 0 Å². The molecule has 21 heavy (non-hydrogen) atoms. The molecule has 0 bridgehead atoms. The molecule has 0 aromatic carbocycles. The molecule has 0 aliphatic carbocycles. The number of aliphatic hydroxyl groups is 2. The van der Waals surface area contributed by atoms with Gasteiger partial charge >= 0.3 is 76.3 Å². The van der Waals surface area contributed by atoms with Gasteiger partial charge in [0.1, 0.15) is 0 Å². The monoisotopic (exact) mass is 602 g/mol. The van der Waals surface area contributed by atoms with Crippen molar-refractivity contribution in [2.24, 2.45) is 16.2 Å². The van der Waals surface area contributed by atoms with Crippen molar-refractivity contribution in [2.45, 2.75) is 68.7 Å². The summed E-state index contributed by atoms with van der Waals surface area (Å²) in [6, 6.07) is 0. The van der Waals surface area contributed by atoms with Gasteiger partial charge in [-0.3, -0.25) is 0 Å². The summed E-state index contributed by atoms with van der Waals surface area (Å²) in [7, 11) is 0. The van der Waals surface area contributed by atoms with Gasteiger partial charge in [-0.05, 0) is 10.8 Å². The molecule has 0 saturated heterocycles. The van der Waals surface area contributed by atoms with E-state index in [0.717, 1.165) is 0 Å². The molecule has 0 amide bonds. The van der Waals surface area contributed by atoms with Gasteiger partial charge < -0.3 is 10.2 Å². The van der Waals surface area contributed by atoms with Crippen LogP contribution in [-0.2, 0) is 12.7 Å². The fourth-order valence-corrected chi connectivity index (χ4v) is 4.73. The Bertz CT molecular complexity index is 253. The van der Waals surface area contributed by atoms with Gasteiger partial charge in [0.05, 0.1) is 0 Å². The Morgan fingerprint density at radius 1 is 0.714 bits per heavy atom. The van der Waals surface area contributed by atoms with Crippen LogP contribution >= 0.6 is 26.6 Å². The molecule has 0 heterocycles. The summed E-state index contributed by atoms with van der Waals surface area (Å²) in [5.41, 5.74) is 0.660. The molecule has 0 aromatic heterocycles. The molecule has 0 atom stereocenters. The number of hydrogen-bond acceptors (Lipinski definition) is 2. The van der Waals surface area contributed by atoms with Crippen LogP contribution in [0.1, 0.15) is 68.7 Å². The Morgan fingerprint density at radius 3 is 1.00 bits per heavy atom. The van der Waals surface area contributed by atoms with E-state index in [1.54, 1.807) is 0 Å². The molecule has 0 saturated carbocycles. The van der Waals surface area contributed by atoms with Crippen LogP contribution in [0.25, 0.3) is 0 Å². The molecular weight excluding hydrogens is 568 g/mol. The van der Waals surface area contributed by atoms with E-state index in [-0.39, 0.29) is 24.0 Å². The Labute approximate surface area is 151 Å². The molecule has 2 nitrogen and oxygen atoms in total. The summed E-state index contributed by atoms with van der Waals surface area (Å²) >= 11 is 5.94. The van der Waals surface area contributed by atoms with Gasteiger partial charge in [0, 0.05) is 13.2 Å². The summed E-state index contributed by atoms with van der Waals surface area (Å²) in [5, 5.41) is 16.8. The zero-order valence-corrected chi connectivity index (χ0v) is 21.4. The predicted molar refractivity (Wildman–Crippen MR) is 101 cm³/mol. The van der Waals surface area contributed by atoms with Crippen molar-refractivity contribution in [3.8, 4) is 0 Å². The Morgan fingerprint density at radius 2 is 0.952 bits per heavy atom. The zero-order chi connectivity index (χ0) is 17.9. The molecule has 0 unspecified atom stereocenters. The first-order chi connectivity index (χ1) is 9.04. The van der Waals surface area contributed by atoms with E-state index >= 15 is 0 Å². The topological polar surface area (TPSA) is 40.5 Å². The summed E-state index contributed by atoms with van der Waals surface area (Å²) < 4.78 is 2.40. The van der Waals surface area contributed by atoms with Gasteiger partial charge in [-0.15, -0.1) is 0 Å². The molecule has 0 fully saturated rings. The second kappa shape index (κ2) is 12.8. The predicted octanol–water partition coefficient (Wildman–Crippen LogP) is 5.51. The molecule has 0 aliphatic rings. The fourth-order valence-electron chi connectivity index (χ4n) is 0.313. The van der Waals surface area contributed by atoms with E-state index in [1.165, 1.54) is 6.42 Å². The van der Waals surface area contributed by atoms with Crippen molar-refractivity contribution in [1.82, 2.24) is 0 Å². The van der Waals surface area contributed by atoms with Crippen molar-refractivity contribution < 1.29 is 23.0 Å². The number of halogens is 2. The molecule has 0 spiro atoms. The van der Waals surface area contributed by atoms with Crippen LogP contribution in [0.5, 0.6) is 0 Å². The molecule has 5 heteroatoms. The van der Waals surface area contributed by atoms with E-state index in [0.29, 0.717) is 5.41 Å². The van der Waals surface area contributed by atoms with Crippen molar-refractivity contribution in [2.75, 3.05) is 13.2 Å². The summed E-state index contributed by atoms with van der Waals surface area (Å²) in [4.78, 5) is 0. The number of rotatable bonds is 1. The van der Waals surface area contributed by atoms with Crippen LogP contribution in [0.2, 0.25) is 0 Å². The van der Waals surface area contributed by atoms with Crippen LogP contribution in [0.3, 0.4) is 0 Å². The second-order valence-corrected chi connectivity index (χ2v) is 30.0. The van der Waals surface area contributed by atoms with Crippen LogP contribution < -0.4 is 0 Å². The van der Waals surface area contributed by atoms with Crippen molar-refractivity contribution in [3.05, 3.63) is 0 Å². The molecule has 0 aromatic rings. The van der Waals surface area contributed by atoms with E-state index in [1.807, 2.05) is 41.5 Å². The third kappa shape index (κ3) is 44.9. The average molecular weight is 604 g/mol. The molecule has 0 aliphatic heterocycles. The minimum absolute atomic E-state index is 0.0972. The van der Waals surface area contributed by atoms with Gasteiger partial charge in [-0.1, -0.05) is 41.5 Å². The van der Waals surface area contributed by atoms with Crippen LogP contribution in [0.4, 0.5) is 0 Å². The fraction of sp³-hybridized carbons (Fsp3) is 0.938. The van der Waals surface area contributed by atoms with Gasteiger partial charge in [0.15, 0.2) is 0 Å². The van der Waals surface area contributed by atoms with Crippen molar-refractivity contribution in [1.29, 1.82) is 0 Å². The Balaban J connectivity index is -0.000000240. The van der Waals surface area contributed by atoms with Crippen LogP contribution in [0, 0.1) is 16.2 Å². The molecular formula is C16H36Br2O2W. The molecule has 132 valence electrons. The maximum absolute atomic E-state index is 8.40. The number of hydrogen-bond donors (Lipinski definition) is 2. The van der Waals surface area contributed by atoms with Crippen molar-refractivity contribution >= 4 is 31.0 Å². The second-order valence-electron chi connectivity index (χ2n) is 8.61. The van der Waals surface area contributed by atoms with E-state index in [9.17, 15) is 0 Å². The first-order valence-electron chi connectivity index (χ1n) is 7.15. The molecule has 0 radical (unpaired) electrons. The minimum atomic E-state index is -1.22. The zero-order valence-electron chi connectivity index (χ0n) is 15.3. The molecule has 2 N–H and O–H groups in total. The van der Waals surface area contributed by atoms with Crippen molar-refractivity contribution in [3.63, 3.8) is 0 Å². The Hall–Kier alpha value is 1.44. The quantitative estimate of drug-likeness (QED) is 0.415. The SMILES string of the molecule is CC(C)(C)CO.CC(C)(C)CO.CC(C)(C)C[CH]=[W]([Br])[Br]. The standard InChI is InChI=1S/C6H12.2C5H12O.2BrH.W/c1-5-6(2,3)4;2*1-5(2,3)4-6;;;/h1H,5H2,2-4H3;2*6H,4H2,1-3H3;2*1H;/q;;;;;+2/p-2. The summed E-state index contributed by atoms with van der Waals surface area (Å²) in [6.07, 6.45) is 1.22. The van der Waals surface area contributed by atoms with E-state index < -0.39 is 12.7 Å². The third-order valence-electron chi connectivity index (χ3n) is 1.77. The van der Waals surface area contributed by atoms with Gasteiger partial charge in [0.25, 0.3) is 0 Å². The number of aliphatic hydroxyl groups excluding tert-OH is 2. The third-order valence-corrected chi connectivity index (χ3v) is 7.60. The summed E-state index contributed by atoms with van der Waals surface area (Å²) in [5.74, 6) is 0. The average Bonchev–Trinajstić information content (AvgIpc) is 2.25. The van der Waals surface area contributed by atoms with E-state index in [2.05, 4.69) is 51.8 Å². The van der Waals surface area contributed by atoms with Gasteiger partial charge in [0.2, 0.25) is 0 Å². The molecule has 0 rings (SSSR count). The normalized spacial score (nSPS) is 12.1. The first-order valence-corrected chi connectivity index (χ1v) is 21.7. The first kappa shape index (κ1) is 27.3. The maximum atomic E-state index is 8.40.